The summed E-state index contributed by atoms with van der Waals surface area (Å²) in [5, 5.41) is 5.03. The number of hydrogen-bond donors (Lipinski definition) is 0. The number of para-hydroxylation sites is 2. The van der Waals surface area contributed by atoms with Gasteiger partial charge in [-0.25, -0.2) is 0 Å². The number of fused-ring (bicyclic) bond motifs is 9. The van der Waals surface area contributed by atoms with Crippen LogP contribution in [0.2, 0.25) is 0 Å². The second kappa shape index (κ2) is 24.7. The van der Waals surface area contributed by atoms with E-state index in [1.165, 1.54) is 123 Å². The van der Waals surface area contributed by atoms with E-state index in [4.69, 9.17) is 0 Å². The van der Waals surface area contributed by atoms with Crippen LogP contribution in [0.3, 0.4) is 0 Å². The Labute approximate surface area is 443 Å². The Kier molecular flexibility index (Phi) is 17.9. The van der Waals surface area contributed by atoms with Crippen molar-refractivity contribution in [1.29, 1.82) is 0 Å². The van der Waals surface area contributed by atoms with Crippen LogP contribution in [0.15, 0.2) is 226 Å². The molecular weight excluding hydrogens is 893 g/mol. The lowest BCUT2D eigenvalue weighted by molar-refractivity contribution is 0.660. The number of benzene rings is 8. The fourth-order valence-corrected chi connectivity index (χ4v) is 10.4. The molecule has 2 heterocycles. The molecule has 0 aliphatic heterocycles. The fraction of sp³-hybridized carbons (Fsp3) is 0.194. The van der Waals surface area contributed by atoms with Crippen LogP contribution in [-0.2, 0) is 5.41 Å². The maximum absolute atomic E-state index is 4.38. The Morgan fingerprint density at radius 3 is 1.76 bits per heavy atom. The van der Waals surface area contributed by atoms with Crippen molar-refractivity contribution in [3.05, 3.63) is 259 Å². The van der Waals surface area contributed by atoms with E-state index in [2.05, 4.69) is 257 Å². The molecule has 8 aromatic carbocycles. The topological polar surface area (TPSA) is 9.86 Å². The van der Waals surface area contributed by atoms with Gasteiger partial charge in [0.25, 0.3) is 0 Å². The molecule has 0 atom stereocenters. The van der Waals surface area contributed by atoms with E-state index in [1.807, 2.05) is 47.6 Å². The molecule has 10 aromatic rings. The molecule has 2 aliphatic rings. The minimum Gasteiger partial charge on any atom is -0.310 e. The molecule has 74 heavy (non-hydrogen) atoms. The first kappa shape index (κ1) is 53.8. The monoisotopic (exact) mass is 969 g/mol. The van der Waals surface area contributed by atoms with Gasteiger partial charge in [-0.15, -0.1) is 6.58 Å². The van der Waals surface area contributed by atoms with Gasteiger partial charge in [-0.3, -0.25) is 0 Å². The molecule has 0 saturated carbocycles. The van der Waals surface area contributed by atoms with E-state index in [-0.39, 0.29) is 5.41 Å². The molecule has 0 radical (unpaired) electrons. The average molecular weight is 969 g/mol. The van der Waals surface area contributed by atoms with Crippen molar-refractivity contribution in [1.82, 2.24) is 9.13 Å². The van der Waals surface area contributed by atoms with Crippen molar-refractivity contribution in [3.63, 3.8) is 0 Å². The fourth-order valence-electron chi connectivity index (χ4n) is 10.4. The molecule has 2 aromatic heterocycles. The maximum atomic E-state index is 4.38. The standard InChI is InChI=1S/C36H28N2.C16H16.C13H14.C3H6.2C2H6/c1-4-10-25(3)37-33-15-8-6-12-31(33)36-28(13-9-16-34(36)37)26-19-22-30-29-11-5-7-14-32(29)38(35(30)23-26)27-20-17-24(2)18-21-27;1-11-8-9-13-12-6-4-5-7-14(12)16(2,3)15(13)10-11;1-11-7-9-13(10-8-11)12-5-3-2-4-6-12;1-3-2;2*1-2/h4-23H,3H2,1-2H3;4-10H,1-3H3;2-3,5,7-10H,4,6H2,1H3;3H,1H2,2H3;2*1-2H3/b10-4-;;;;;. The first-order valence-electron chi connectivity index (χ1n) is 26.7. The van der Waals surface area contributed by atoms with E-state index in [0.29, 0.717) is 0 Å². The van der Waals surface area contributed by atoms with Crippen LogP contribution in [0, 0.1) is 20.8 Å². The predicted molar refractivity (Wildman–Crippen MR) is 329 cm³/mol. The van der Waals surface area contributed by atoms with Gasteiger partial charge in [0.15, 0.2) is 0 Å². The van der Waals surface area contributed by atoms with Gasteiger partial charge in [0.2, 0.25) is 0 Å². The third-order valence-electron chi connectivity index (χ3n) is 13.8. The maximum Gasteiger partial charge on any atom is 0.0547 e. The largest absolute Gasteiger partial charge is 0.310 e. The minimum absolute atomic E-state index is 0.151. The normalized spacial score (nSPS) is 12.6. The zero-order valence-electron chi connectivity index (χ0n) is 45.9. The summed E-state index contributed by atoms with van der Waals surface area (Å²) < 4.78 is 4.67. The number of aromatic nitrogens is 2. The molecule has 2 nitrogen and oxygen atoms in total. The summed E-state index contributed by atoms with van der Waals surface area (Å²) in [4.78, 5) is 0. The first-order chi connectivity index (χ1) is 36.0. The van der Waals surface area contributed by atoms with Gasteiger partial charge in [0.1, 0.15) is 0 Å². The lowest BCUT2D eigenvalue weighted by Gasteiger charge is -2.21. The number of rotatable bonds is 5. The van der Waals surface area contributed by atoms with Gasteiger partial charge in [-0.05, 0) is 134 Å². The van der Waals surface area contributed by atoms with Crippen molar-refractivity contribution in [2.24, 2.45) is 0 Å². The van der Waals surface area contributed by atoms with Crippen molar-refractivity contribution >= 4 is 54.9 Å². The van der Waals surface area contributed by atoms with Gasteiger partial charge in [-0.2, -0.15) is 0 Å². The van der Waals surface area contributed by atoms with E-state index < -0.39 is 0 Å². The third-order valence-corrected chi connectivity index (χ3v) is 13.8. The van der Waals surface area contributed by atoms with Gasteiger partial charge in [-0.1, -0.05) is 235 Å². The van der Waals surface area contributed by atoms with Crippen LogP contribution >= 0.6 is 0 Å². The number of aryl methyl sites for hydroxylation is 3. The Morgan fingerprint density at radius 1 is 0.527 bits per heavy atom. The SMILES string of the molecule is C=C(/C=C\C)n1c2ccccc2c2c(-c3ccc4c5ccccc5n(-c5ccc(C)cc5)c4c3)cccc21.C=CC.CC.CC.Cc1ccc(C2=CC=CCC2)cc1.Cc1ccc2c(c1)C(C)(C)c1ccccc1-2. The number of nitrogens with zero attached hydrogens (tertiary/aromatic N) is 2. The van der Waals surface area contributed by atoms with E-state index >= 15 is 0 Å². The van der Waals surface area contributed by atoms with Crippen molar-refractivity contribution in [3.8, 4) is 27.9 Å². The third kappa shape index (κ3) is 11.0. The van der Waals surface area contributed by atoms with Gasteiger partial charge >= 0.3 is 0 Å². The summed E-state index contributed by atoms with van der Waals surface area (Å²) >= 11 is 0. The molecular formula is C72H76N2. The van der Waals surface area contributed by atoms with E-state index in [9.17, 15) is 0 Å². The highest BCUT2D eigenvalue weighted by Gasteiger charge is 2.34. The summed E-state index contributed by atoms with van der Waals surface area (Å²) in [6, 6.07) is 64.0. The Bertz CT molecular complexity index is 3630. The Hall–Kier alpha value is -7.94. The molecule has 374 valence electrons. The molecule has 0 fully saturated rings. The summed E-state index contributed by atoms with van der Waals surface area (Å²) in [5.74, 6) is 0. The zero-order valence-corrected chi connectivity index (χ0v) is 45.9. The molecule has 0 N–H and O–H groups in total. The molecule has 0 spiro atoms. The van der Waals surface area contributed by atoms with Crippen molar-refractivity contribution < 1.29 is 0 Å². The van der Waals surface area contributed by atoms with Crippen LogP contribution in [0.25, 0.3) is 82.8 Å². The summed E-state index contributed by atoms with van der Waals surface area (Å²) in [6.45, 7) is 30.7. The van der Waals surface area contributed by atoms with Crippen LogP contribution in [0.5, 0.6) is 0 Å². The summed E-state index contributed by atoms with van der Waals surface area (Å²) in [7, 11) is 0. The first-order valence-corrected chi connectivity index (χ1v) is 26.7. The quantitative estimate of drug-likeness (QED) is 0.120. The lowest BCUT2D eigenvalue weighted by atomic mass is 9.82. The summed E-state index contributed by atoms with van der Waals surface area (Å²) in [6.07, 6.45) is 14.8. The second-order valence-electron chi connectivity index (χ2n) is 19.1. The predicted octanol–water partition coefficient (Wildman–Crippen LogP) is 21.2. The van der Waals surface area contributed by atoms with Crippen molar-refractivity contribution in [2.75, 3.05) is 0 Å². The van der Waals surface area contributed by atoms with Gasteiger partial charge in [0.05, 0.1) is 22.1 Å². The van der Waals surface area contributed by atoms with Crippen molar-refractivity contribution in [2.45, 2.75) is 94.4 Å². The number of hydrogen-bond acceptors (Lipinski definition) is 0. The highest BCUT2D eigenvalue weighted by molar-refractivity contribution is 6.17. The molecule has 0 amide bonds. The van der Waals surface area contributed by atoms with E-state index in [0.717, 1.165) is 5.70 Å². The smallest absolute Gasteiger partial charge is 0.0547 e. The molecule has 2 heteroatoms. The molecule has 12 rings (SSSR count). The molecule has 0 unspecified atom stereocenters. The molecule has 0 bridgehead atoms. The van der Waals surface area contributed by atoms with Gasteiger partial charge < -0.3 is 9.13 Å². The summed E-state index contributed by atoms with van der Waals surface area (Å²) in [5.41, 5.74) is 22.0. The Balaban J connectivity index is 0.000000182. The minimum atomic E-state index is 0.151. The lowest BCUT2D eigenvalue weighted by Crippen LogP contribution is -2.14. The van der Waals surface area contributed by atoms with Crippen LogP contribution in [0.4, 0.5) is 0 Å². The second-order valence-corrected chi connectivity index (χ2v) is 19.1. The van der Waals surface area contributed by atoms with Crippen LogP contribution in [0.1, 0.15) is 102 Å². The highest BCUT2D eigenvalue weighted by Crippen LogP contribution is 2.48. The van der Waals surface area contributed by atoms with E-state index in [1.54, 1.807) is 6.08 Å². The zero-order chi connectivity index (χ0) is 52.9. The van der Waals surface area contributed by atoms with Gasteiger partial charge in [0, 0.05) is 38.3 Å². The Morgan fingerprint density at radius 2 is 1.08 bits per heavy atom. The molecule has 0 saturated heterocycles. The highest BCUT2D eigenvalue weighted by atomic mass is 15.0. The van der Waals surface area contributed by atoms with Crippen LogP contribution < -0.4 is 0 Å². The van der Waals surface area contributed by atoms with Crippen LogP contribution in [-0.4, -0.2) is 9.13 Å². The number of allylic oxidation sites excluding steroid dienone is 8. The average Bonchev–Trinajstić information content (AvgIpc) is 4.04. The molecule has 2 aliphatic carbocycles.